The monoisotopic (exact) mass is 152 g/mol. The van der Waals surface area contributed by atoms with E-state index in [-0.39, 0.29) is 5.92 Å². The van der Waals surface area contributed by atoms with Gasteiger partial charge in [-0.05, 0) is 42.9 Å². The Morgan fingerprint density at radius 1 is 1.18 bits per heavy atom. The summed E-state index contributed by atoms with van der Waals surface area (Å²) in [4.78, 5) is 10.7. The summed E-state index contributed by atoms with van der Waals surface area (Å²) in [6.45, 7) is 0. The van der Waals surface area contributed by atoms with Crippen molar-refractivity contribution in [1.82, 2.24) is 0 Å². The van der Waals surface area contributed by atoms with E-state index in [1.807, 2.05) is 0 Å². The van der Waals surface area contributed by atoms with Crippen molar-refractivity contribution in [2.75, 3.05) is 0 Å². The lowest BCUT2D eigenvalue weighted by Gasteiger charge is -2.04. The fraction of sp³-hybridized carbons (Fsp3) is 0.889. The summed E-state index contributed by atoms with van der Waals surface area (Å²) >= 11 is 0. The summed E-state index contributed by atoms with van der Waals surface area (Å²) in [5, 5.41) is 8.82. The van der Waals surface area contributed by atoms with Crippen molar-refractivity contribution in [2.45, 2.75) is 19.3 Å². The van der Waals surface area contributed by atoms with Crippen LogP contribution in [0.2, 0.25) is 0 Å². The lowest BCUT2D eigenvalue weighted by molar-refractivity contribution is -0.139. The van der Waals surface area contributed by atoms with Crippen LogP contribution < -0.4 is 0 Å². The average Bonchev–Trinajstić information content (AvgIpc) is 2.44. The van der Waals surface area contributed by atoms with E-state index >= 15 is 0 Å². The van der Waals surface area contributed by atoms with Gasteiger partial charge in [0.15, 0.2) is 0 Å². The molecule has 1 N–H and O–H groups in total. The topological polar surface area (TPSA) is 37.3 Å². The Hall–Kier alpha value is -0.530. The first kappa shape index (κ1) is 6.04. The van der Waals surface area contributed by atoms with E-state index in [9.17, 15) is 4.79 Å². The molecule has 3 fully saturated rings. The van der Waals surface area contributed by atoms with Crippen LogP contribution in [0.25, 0.3) is 0 Å². The summed E-state index contributed by atoms with van der Waals surface area (Å²) in [6, 6.07) is 0. The molecule has 0 radical (unpaired) electrons. The molecule has 2 bridgehead atoms. The molecule has 0 saturated heterocycles. The van der Waals surface area contributed by atoms with Gasteiger partial charge in [-0.3, -0.25) is 4.79 Å². The number of hydrogen-bond acceptors (Lipinski definition) is 1. The summed E-state index contributed by atoms with van der Waals surface area (Å²) in [5.41, 5.74) is 0. The van der Waals surface area contributed by atoms with Crippen LogP contribution >= 0.6 is 0 Å². The Bertz CT molecular complexity index is 208. The molecule has 5 atom stereocenters. The van der Waals surface area contributed by atoms with Crippen LogP contribution in [-0.4, -0.2) is 11.1 Å². The van der Waals surface area contributed by atoms with Crippen LogP contribution in [0, 0.1) is 29.6 Å². The number of aliphatic carboxylic acids is 1. The molecule has 3 aliphatic carbocycles. The van der Waals surface area contributed by atoms with Gasteiger partial charge in [0.25, 0.3) is 0 Å². The van der Waals surface area contributed by atoms with Crippen LogP contribution in [0.3, 0.4) is 0 Å². The number of carboxylic acids is 1. The minimum Gasteiger partial charge on any atom is -0.481 e. The number of rotatable bonds is 1. The quantitative estimate of drug-likeness (QED) is 0.616. The minimum atomic E-state index is -0.531. The average molecular weight is 152 g/mol. The van der Waals surface area contributed by atoms with E-state index in [0.717, 1.165) is 11.8 Å². The van der Waals surface area contributed by atoms with Crippen molar-refractivity contribution in [3.63, 3.8) is 0 Å². The first-order valence-electron chi connectivity index (χ1n) is 4.52. The highest BCUT2D eigenvalue weighted by Crippen LogP contribution is 2.69. The van der Waals surface area contributed by atoms with Gasteiger partial charge in [-0.2, -0.15) is 0 Å². The smallest absolute Gasteiger partial charge is 0.307 e. The third-order valence-corrected chi connectivity index (χ3v) is 4.02. The fourth-order valence-corrected chi connectivity index (χ4v) is 3.66. The highest BCUT2D eigenvalue weighted by molar-refractivity contribution is 5.75. The van der Waals surface area contributed by atoms with E-state index in [1.54, 1.807) is 0 Å². The number of fused-ring (bicyclic) bond motifs is 5. The highest BCUT2D eigenvalue weighted by atomic mass is 16.4. The van der Waals surface area contributed by atoms with Gasteiger partial charge in [-0.1, -0.05) is 0 Å². The maximum Gasteiger partial charge on any atom is 0.307 e. The zero-order valence-corrected chi connectivity index (χ0v) is 6.36. The van der Waals surface area contributed by atoms with Gasteiger partial charge in [0.05, 0.1) is 5.92 Å². The zero-order valence-electron chi connectivity index (χ0n) is 6.36. The molecule has 2 nitrogen and oxygen atoms in total. The number of carbonyl (C=O) groups is 1. The first-order valence-corrected chi connectivity index (χ1v) is 4.52. The van der Waals surface area contributed by atoms with Crippen LogP contribution in [0.1, 0.15) is 19.3 Å². The van der Waals surface area contributed by atoms with Crippen LogP contribution in [0.5, 0.6) is 0 Å². The van der Waals surface area contributed by atoms with E-state index in [2.05, 4.69) is 0 Å². The fourth-order valence-electron chi connectivity index (χ4n) is 3.66. The van der Waals surface area contributed by atoms with Gasteiger partial charge in [0, 0.05) is 0 Å². The molecule has 3 saturated carbocycles. The SMILES string of the molecule is O=C(O)C1[C@@H]2[C@@H]3CC[C@@H](C3)[C@@H]12. The lowest BCUT2D eigenvalue weighted by Crippen LogP contribution is -2.07. The summed E-state index contributed by atoms with van der Waals surface area (Å²) in [6.07, 6.45) is 3.98. The molecular formula is C9H12O2. The van der Waals surface area contributed by atoms with E-state index in [1.165, 1.54) is 19.3 Å². The zero-order chi connectivity index (χ0) is 7.59. The molecule has 2 heteroatoms. The number of hydrogen-bond donors (Lipinski definition) is 1. The maximum absolute atomic E-state index is 10.7. The molecule has 11 heavy (non-hydrogen) atoms. The van der Waals surface area contributed by atoms with Gasteiger partial charge in [-0.15, -0.1) is 0 Å². The third kappa shape index (κ3) is 0.569. The molecule has 0 aromatic heterocycles. The van der Waals surface area contributed by atoms with Gasteiger partial charge < -0.3 is 5.11 Å². The standard InChI is InChI=1S/C9H12O2/c10-9(11)8-6-4-1-2-5(3-4)7(6)8/h4-8H,1-3H2,(H,10,11)/t4-,5+,6-,7-,8?/m1/s1. The third-order valence-electron chi connectivity index (χ3n) is 4.02. The van der Waals surface area contributed by atoms with Crippen LogP contribution in [0.4, 0.5) is 0 Å². The molecule has 1 unspecified atom stereocenters. The minimum absolute atomic E-state index is 0.0706. The molecule has 0 spiro atoms. The second-order valence-electron chi connectivity index (χ2n) is 4.35. The van der Waals surface area contributed by atoms with Crippen molar-refractivity contribution in [3.05, 3.63) is 0 Å². The second-order valence-corrected chi connectivity index (χ2v) is 4.35. The van der Waals surface area contributed by atoms with Gasteiger partial charge in [0.1, 0.15) is 0 Å². The van der Waals surface area contributed by atoms with Crippen molar-refractivity contribution >= 4 is 5.97 Å². The van der Waals surface area contributed by atoms with Crippen LogP contribution in [-0.2, 0) is 4.79 Å². The predicted octanol–water partition coefficient (Wildman–Crippen LogP) is 1.36. The van der Waals surface area contributed by atoms with Gasteiger partial charge >= 0.3 is 5.97 Å². The second kappa shape index (κ2) is 1.62. The Labute approximate surface area is 65.6 Å². The van der Waals surface area contributed by atoms with Crippen molar-refractivity contribution in [1.29, 1.82) is 0 Å². The summed E-state index contributed by atoms with van der Waals surface area (Å²) in [7, 11) is 0. The molecule has 0 aromatic carbocycles. The van der Waals surface area contributed by atoms with Crippen molar-refractivity contribution < 1.29 is 9.90 Å². The van der Waals surface area contributed by atoms with E-state index < -0.39 is 5.97 Å². The Morgan fingerprint density at radius 3 is 2.18 bits per heavy atom. The largest absolute Gasteiger partial charge is 0.481 e. The van der Waals surface area contributed by atoms with Gasteiger partial charge in [0.2, 0.25) is 0 Å². The van der Waals surface area contributed by atoms with Crippen LogP contribution in [0.15, 0.2) is 0 Å². The predicted molar refractivity (Wildman–Crippen MR) is 38.9 cm³/mol. The van der Waals surface area contributed by atoms with Crippen molar-refractivity contribution in [3.8, 4) is 0 Å². The maximum atomic E-state index is 10.7. The van der Waals surface area contributed by atoms with E-state index in [4.69, 9.17) is 5.11 Å². The number of carboxylic acid groups (broad SMARTS) is 1. The molecule has 0 amide bonds. The van der Waals surface area contributed by atoms with Gasteiger partial charge in [-0.25, -0.2) is 0 Å². The normalized spacial score (nSPS) is 57.6. The summed E-state index contributed by atoms with van der Waals surface area (Å²) in [5.74, 6) is 2.34. The Kier molecular flexibility index (Phi) is 0.890. The molecular weight excluding hydrogens is 140 g/mol. The molecule has 0 aromatic rings. The highest BCUT2D eigenvalue weighted by Gasteiger charge is 2.67. The molecule has 0 aliphatic heterocycles. The van der Waals surface area contributed by atoms with Crippen molar-refractivity contribution in [2.24, 2.45) is 29.6 Å². The molecule has 3 rings (SSSR count). The molecule has 60 valence electrons. The first-order chi connectivity index (χ1) is 5.29. The molecule has 3 aliphatic rings. The Balaban J connectivity index is 1.86. The Morgan fingerprint density at radius 2 is 1.73 bits per heavy atom. The molecule has 0 heterocycles. The summed E-state index contributed by atoms with van der Waals surface area (Å²) < 4.78 is 0. The van der Waals surface area contributed by atoms with E-state index in [0.29, 0.717) is 11.8 Å². The lowest BCUT2D eigenvalue weighted by atomic mass is 10.0.